The van der Waals surface area contributed by atoms with E-state index in [9.17, 15) is 9.59 Å². The summed E-state index contributed by atoms with van der Waals surface area (Å²) in [6.45, 7) is 3.79. The molecule has 2 N–H and O–H groups in total. The van der Waals surface area contributed by atoms with Gasteiger partial charge in [-0.2, -0.15) is 0 Å². The van der Waals surface area contributed by atoms with Gasteiger partial charge in [0.05, 0.1) is 5.69 Å². The summed E-state index contributed by atoms with van der Waals surface area (Å²) in [5.74, 6) is 1.36. The van der Waals surface area contributed by atoms with Gasteiger partial charge in [0.2, 0.25) is 6.79 Å². The molecule has 0 bridgehead atoms. The predicted octanol–water partition coefficient (Wildman–Crippen LogP) is 1.05. The van der Waals surface area contributed by atoms with Crippen LogP contribution in [-0.2, 0) is 6.54 Å². The lowest BCUT2D eigenvalue weighted by Gasteiger charge is -2.08. The molecule has 22 heavy (non-hydrogen) atoms. The van der Waals surface area contributed by atoms with Crippen molar-refractivity contribution in [3.63, 3.8) is 0 Å². The minimum absolute atomic E-state index is 0.0337. The van der Waals surface area contributed by atoms with Crippen LogP contribution in [0.25, 0.3) is 0 Å². The maximum atomic E-state index is 12.2. The zero-order chi connectivity index (χ0) is 15.7. The van der Waals surface area contributed by atoms with Crippen molar-refractivity contribution in [2.45, 2.75) is 20.4 Å². The van der Waals surface area contributed by atoms with Gasteiger partial charge < -0.3 is 19.8 Å². The number of H-pyrrole nitrogens is 1. The molecule has 1 aliphatic rings. The van der Waals surface area contributed by atoms with Gasteiger partial charge in [-0.1, -0.05) is 6.07 Å². The molecule has 0 saturated heterocycles. The normalized spacial score (nSPS) is 12.3. The number of benzene rings is 1. The number of ether oxygens (including phenoxy) is 2. The summed E-state index contributed by atoms with van der Waals surface area (Å²) in [5, 5.41) is 2.71. The maximum Gasteiger partial charge on any atom is 0.264 e. The third kappa shape index (κ3) is 2.65. The molecule has 2 aromatic rings. The number of hydrogen-bond donors (Lipinski definition) is 2. The fourth-order valence-corrected chi connectivity index (χ4v) is 2.32. The third-order valence-electron chi connectivity index (χ3n) is 3.34. The lowest BCUT2D eigenvalue weighted by Crippen LogP contribution is -2.31. The fourth-order valence-electron chi connectivity index (χ4n) is 2.32. The zero-order valence-electron chi connectivity index (χ0n) is 12.2. The Balaban J connectivity index is 1.74. The number of aromatic amines is 1. The van der Waals surface area contributed by atoms with Crippen molar-refractivity contribution >= 4 is 5.91 Å². The van der Waals surface area contributed by atoms with Crippen LogP contribution in [0.2, 0.25) is 0 Å². The Kier molecular flexibility index (Phi) is 3.54. The second kappa shape index (κ2) is 5.51. The summed E-state index contributed by atoms with van der Waals surface area (Å²) in [6, 6.07) is 5.42. The van der Waals surface area contributed by atoms with Crippen molar-refractivity contribution in [3.05, 3.63) is 51.2 Å². The van der Waals surface area contributed by atoms with Crippen molar-refractivity contribution < 1.29 is 14.3 Å². The highest BCUT2D eigenvalue weighted by molar-refractivity contribution is 5.94. The van der Waals surface area contributed by atoms with E-state index in [2.05, 4.69) is 15.3 Å². The van der Waals surface area contributed by atoms with E-state index in [1.54, 1.807) is 26.0 Å². The van der Waals surface area contributed by atoms with E-state index in [0.717, 1.165) is 5.56 Å². The number of rotatable bonds is 3. The summed E-state index contributed by atoms with van der Waals surface area (Å²) in [5.41, 5.74) is 0.857. The number of hydrogen-bond acceptors (Lipinski definition) is 5. The molecule has 0 saturated carbocycles. The Morgan fingerprint density at radius 3 is 2.86 bits per heavy atom. The minimum Gasteiger partial charge on any atom is -0.454 e. The first-order valence-electron chi connectivity index (χ1n) is 6.79. The van der Waals surface area contributed by atoms with Crippen LogP contribution in [0.5, 0.6) is 11.5 Å². The first-order valence-corrected chi connectivity index (χ1v) is 6.79. The van der Waals surface area contributed by atoms with E-state index in [-0.39, 0.29) is 18.9 Å². The van der Waals surface area contributed by atoms with Gasteiger partial charge in [-0.15, -0.1) is 0 Å². The molecule has 0 spiro atoms. The molecule has 3 rings (SSSR count). The van der Waals surface area contributed by atoms with Crippen molar-refractivity contribution in [2.75, 3.05) is 6.79 Å². The standard InChI is InChI=1S/C15H15N3O4/c1-8-13(15(20)18-9(2)17-8)14(19)16-6-10-3-4-11-12(5-10)22-7-21-11/h3-5H,6-7H2,1-2H3,(H,16,19)(H,17,18,20). The van der Waals surface area contributed by atoms with Crippen LogP contribution in [0.4, 0.5) is 0 Å². The molecule has 0 aliphatic carbocycles. The van der Waals surface area contributed by atoms with Crippen LogP contribution in [0.3, 0.4) is 0 Å². The highest BCUT2D eigenvalue weighted by Crippen LogP contribution is 2.32. The summed E-state index contributed by atoms with van der Waals surface area (Å²) in [6.07, 6.45) is 0. The smallest absolute Gasteiger partial charge is 0.264 e. The Bertz CT molecular complexity index is 798. The molecule has 1 aromatic heterocycles. The van der Waals surface area contributed by atoms with Crippen molar-refractivity contribution in [2.24, 2.45) is 0 Å². The van der Waals surface area contributed by atoms with E-state index in [1.165, 1.54) is 0 Å². The largest absolute Gasteiger partial charge is 0.454 e. The van der Waals surface area contributed by atoms with E-state index < -0.39 is 11.5 Å². The van der Waals surface area contributed by atoms with Crippen LogP contribution in [-0.4, -0.2) is 22.7 Å². The quantitative estimate of drug-likeness (QED) is 0.883. The van der Waals surface area contributed by atoms with E-state index in [4.69, 9.17) is 9.47 Å². The first kappa shape index (κ1) is 14.1. The van der Waals surface area contributed by atoms with Gasteiger partial charge in [-0.3, -0.25) is 9.59 Å². The molecule has 1 aromatic carbocycles. The zero-order valence-corrected chi connectivity index (χ0v) is 12.2. The predicted molar refractivity (Wildman–Crippen MR) is 78.1 cm³/mol. The van der Waals surface area contributed by atoms with E-state index >= 15 is 0 Å². The number of carbonyl (C=O) groups excluding carboxylic acids is 1. The molecule has 2 heterocycles. The monoisotopic (exact) mass is 301 g/mol. The molecule has 0 atom stereocenters. The summed E-state index contributed by atoms with van der Waals surface area (Å²) in [4.78, 5) is 30.7. The molecular formula is C15H15N3O4. The molecular weight excluding hydrogens is 286 g/mol. The van der Waals surface area contributed by atoms with Crippen molar-refractivity contribution in [3.8, 4) is 11.5 Å². The SMILES string of the molecule is Cc1nc(C)c(C(=O)NCc2ccc3c(c2)OCO3)c(=O)[nH]1. The Morgan fingerprint density at radius 2 is 2.09 bits per heavy atom. The van der Waals surface area contributed by atoms with Crippen LogP contribution < -0.4 is 20.3 Å². The topological polar surface area (TPSA) is 93.3 Å². The van der Waals surface area contributed by atoms with Gasteiger partial charge in [-0.25, -0.2) is 4.98 Å². The number of nitrogens with zero attached hydrogens (tertiary/aromatic N) is 1. The van der Waals surface area contributed by atoms with Gasteiger partial charge in [0.15, 0.2) is 11.5 Å². The molecule has 1 amide bonds. The second-order valence-electron chi connectivity index (χ2n) is 4.98. The maximum absolute atomic E-state index is 12.2. The summed E-state index contributed by atoms with van der Waals surface area (Å²) >= 11 is 0. The first-order chi connectivity index (χ1) is 10.5. The number of amides is 1. The van der Waals surface area contributed by atoms with Crippen molar-refractivity contribution in [1.29, 1.82) is 0 Å². The minimum atomic E-state index is -0.455. The Morgan fingerprint density at radius 1 is 1.32 bits per heavy atom. The highest BCUT2D eigenvalue weighted by Gasteiger charge is 2.16. The lowest BCUT2D eigenvalue weighted by molar-refractivity contribution is 0.0948. The number of carbonyl (C=O) groups is 1. The van der Waals surface area contributed by atoms with Gasteiger partial charge in [0, 0.05) is 6.54 Å². The van der Waals surface area contributed by atoms with Gasteiger partial charge in [0.25, 0.3) is 11.5 Å². The van der Waals surface area contributed by atoms with Gasteiger partial charge in [-0.05, 0) is 31.5 Å². The molecule has 1 aliphatic heterocycles. The summed E-state index contributed by atoms with van der Waals surface area (Å²) in [7, 11) is 0. The Labute approximate surface area is 126 Å². The lowest BCUT2D eigenvalue weighted by atomic mass is 10.2. The van der Waals surface area contributed by atoms with Crippen LogP contribution in [0.1, 0.15) is 27.4 Å². The van der Waals surface area contributed by atoms with Gasteiger partial charge >= 0.3 is 0 Å². The van der Waals surface area contributed by atoms with E-state index in [0.29, 0.717) is 23.0 Å². The molecule has 0 fully saturated rings. The van der Waals surface area contributed by atoms with Crippen LogP contribution in [0, 0.1) is 13.8 Å². The van der Waals surface area contributed by atoms with Crippen molar-refractivity contribution in [1.82, 2.24) is 15.3 Å². The average molecular weight is 301 g/mol. The van der Waals surface area contributed by atoms with Gasteiger partial charge in [0.1, 0.15) is 11.4 Å². The molecule has 7 heteroatoms. The van der Waals surface area contributed by atoms with Crippen LogP contribution in [0.15, 0.2) is 23.0 Å². The highest BCUT2D eigenvalue weighted by atomic mass is 16.7. The number of fused-ring (bicyclic) bond motifs is 1. The van der Waals surface area contributed by atoms with E-state index in [1.807, 2.05) is 6.07 Å². The number of nitrogens with one attached hydrogen (secondary N) is 2. The van der Waals surface area contributed by atoms with Crippen LogP contribution >= 0.6 is 0 Å². The Hall–Kier alpha value is -2.83. The second-order valence-corrected chi connectivity index (χ2v) is 4.98. The molecule has 0 radical (unpaired) electrons. The fraction of sp³-hybridized carbons (Fsp3) is 0.267. The third-order valence-corrected chi connectivity index (χ3v) is 3.34. The number of aromatic nitrogens is 2. The average Bonchev–Trinajstić information content (AvgIpc) is 2.91. The summed E-state index contributed by atoms with van der Waals surface area (Å²) < 4.78 is 10.5. The molecule has 0 unspecified atom stereocenters. The number of aryl methyl sites for hydroxylation is 2. The molecule has 114 valence electrons. The molecule has 7 nitrogen and oxygen atoms in total.